The molecule has 0 aromatic heterocycles. The number of carbonyl (C=O) groups is 3. The summed E-state index contributed by atoms with van der Waals surface area (Å²) in [6.07, 6.45) is -0.510. The number of fused-ring (bicyclic) bond motifs is 7. The van der Waals surface area contributed by atoms with Gasteiger partial charge in [-0.25, -0.2) is 9.59 Å². The summed E-state index contributed by atoms with van der Waals surface area (Å²) in [5.41, 5.74) is 2.24. The predicted octanol–water partition coefficient (Wildman–Crippen LogP) is 4.30. The molecule has 2 heterocycles. The molecule has 2 unspecified atom stereocenters. The first kappa shape index (κ1) is 27.0. The molecule has 2 aliphatic rings. The smallest absolute Gasteiger partial charge is 0.408 e. The Morgan fingerprint density at radius 3 is 2.45 bits per heavy atom. The van der Waals surface area contributed by atoms with Gasteiger partial charge in [0.1, 0.15) is 24.4 Å². The molecular formula is C28H27BrN2O7. The number of benzene rings is 3. The fraction of sp³-hybridized carbons (Fsp3) is 0.250. The van der Waals surface area contributed by atoms with Crippen LogP contribution < -0.4 is 20.1 Å². The minimum atomic E-state index is -1.07. The average molecular weight is 583 g/mol. The van der Waals surface area contributed by atoms with Gasteiger partial charge in [-0.2, -0.15) is 0 Å². The van der Waals surface area contributed by atoms with Crippen LogP contribution in [0, 0.1) is 0 Å². The number of halogens is 1. The van der Waals surface area contributed by atoms with Crippen LogP contribution in [-0.4, -0.2) is 44.3 Å². The zero-order valence-corrected chi connectivity index (χ0v) is 22.4. The Morgan fingerprint density at radius 1 is 1.03 bits per heavy atom. The number of ether oxygens (including phenoxy) is 4. The second-order valence-corrected chi connectivity index (χ2v) is 9.46. The van der Waals surface area contributed by atoms with Gasteiger partial charge in [0.2, 0.25) is 5.91 Å². The Labute approximate surface area is 228 Å². The van der Waals surface area contributed by atoms with Crippen LogP contribution in [0.25, 0.3) is 0 Å². The van der Waals surface area contributed by atoms with Crippen molar-refractivity contribution in [1.29, 1.82) is 0 Å². The van der Waals surface area contributed by atoms with E-state index in [1.807, 2.05) is 30.3 Å². The van der Waals surface area contributed by atoms with Crippen molar-refractivity contribution in [2.75, 3.05) is 14.2 Å². The monoisotopic (exact) mass is 582 g/mol. The maximum absolute atomic E-state index is 13.4. The number of amides is 2. The van der Waals surface area contributed by atoms with Gasteiger partial charge in [-0.3, -0.25) is 4.79 Å². The van der Waals surface area contributed by atoms with E-state index in [0.29, 0.717) is 27.3 Å². The van der Waals surface area contributed by atoms with Crippen molar-refractivity contribution in [2.24, 2.45) is 0 Å². The normalized spacial score (nSPS) is 16.9. The number of rotatable bonds is 5. The molecule has 0 saturated heterocycles. The molecule has 2 amide bonds. The first-order valence-corrected chi connectivity index (χ1v) is 12.6. The van der Waals surface area contributed by atoms with Crippen molar-refractivity contribution < 1.29 is 33.3 Å². The largest absolute Gasteiger partial charge is 0.492 e. The van der Waals surface area contributed by atoms with E-state index in [1.165, 1.54) is 14.2 Å². The number of esters is 1. The van der Waals surface area contributed by atoms with E-state index in [4.69, 9.17) is 18.9 Å². The van der Waals surface area contributed by atoms with E-state index in [-0.39, 0.29) is 19.4 Å². The Balaban J connectivity index is 1.65. The third-order valence-electron chi connectivity index (χ3n) is 5.93. The minimum Gasteiger partial charge on any atom is -0.492 e. The molecule has 4 bridgehead atoms. The molecule has 0 fully saturated rings. The van der Waals surface area contributed by atoms with E-state index in [1.54, 1.807) is 36.4 Å². The highest BCUT2D eigenvalue weighted by Crippen LogP contribution is 2.39. The fourth-order valence-electron chi connectivity index (χ4n) is 4.03. The number of methoxy groups -OCH3 is 2. The van der Waals surface area contributed by atoms with Crippen LogP contribution in [0.1, 0.15) is 16.7 Å². The number of carbonyl (C=O) groups excluding carboxylic acids is 3. The maximum Gasteiger partial charge on any atom is 0.408 e. The van der Waals surface area contributed by atoms with Crippen molar-refractivity contribution >= 4 is 33.9 Å². The van der Waals surface area contributed by atoms with Gasteiger partial charge in [-0.05, 0) is 56.9 Å². The molecule has 3 aromatic carbocycles. The van der Waals surface area contributed by atoms with Crippen LogP contribution in [0.15, 0.2) is 71.2 Å². The summed E-state index contributed by atoms with van der Waals surface area (Å²) >= 11 is 3.50. The van der Waals surface area contributed by atoms with Crippen molar-refractivity contribution in [3.8, 4) is 17.2 Å². The lowest BCUT2D eigenvalue weighted by Gasteiger charge is -2.23. The van der Waals surface area contributed by atoms with Gasteiger partial charge in [-0.15, -0.1) is 0 Å². The van der Waals surface area contributed by atoms with E-state index >= 15 is 0 Å². The van der Waals surface area contributed by atoms with Crippen molar-refractivity contribution in [3.05, 3.63) is 87.9 Å². The lowest BCUT2D eigenvalue weighted by molar-refractivity contribution is -0.145. The summed E-state index contributed by atoms with van der Waals surface area (Å²) in [5.74, 6) is 0.295. The van der Waals surface area contributed by atoms with Gasteiger partial charge in [0.25, 0.3) is 0 Å². The highest BCUT2D eigenvalue weighted by atomic mass is 79.9. The third kappa shape index (κ3) is 6.83. The molecule has 9 nitrogen and oxygen atoms in total. The molecule has 3 aromatic rings. The van der Waals surface area contributed by atoms with Crippen molar-refractivity contribution in [2.45, 2.75) is 31.5 Å². The molecule has 5 rings (SSSR count). The third-order valence-corrected chi connectivity index (χ3v) is 6.52. The van der Waals surface area contributed by atoms with Gasteiger partial charge in [0, 0.05) is 12.8 Å². The molecular weight excluding hydrogens is 556 g/mol. The van der Waals surface area contributed by atoms with Crippen molar-refractivity contribution in [1.82, 2.24) is 10.6 Å². The van der Waals surface area contributed by atoms with Crippen LogP contribution in [0.2, 0.25) is 0 Å². The number of alkyl carbamates (subject to hydrolysis) is 1. The van der Waals surface area contributed by atoms with Crippen LogP contribution in [0.3, 0.4) is 0 Å². The van der Waals surface area contributed by atoms with Crippen LogP contribution in [0.4, 0.5) is 4.79 Å². The molecule has 2 atom stereocenters. The van der Waals surface area contributed by atoms with Gasteiger partial charge in [-0.1, -0.05) is 42.5 Å². The summed E-state index contributed by atoms with van der Waals surface area (Å²) < 4.78 is 22.5. The minimum absolute atomic E-state index is 0.0352. The molecule has 10 heteroatoms. The van der Waals surface area contributed by atoms with Crippen LogP contribution >= 0.6 is 15.9 Å². The van der Waals surface area contributed by atoms with Gasteiger partial charge < -0.3 is 29.6 Å². The number of hydrogen-bond acceptors (Lipinski definition) is 7. The van der Waals surface area contributed by atoms with E-state index in [2.05, 4.69) is 26.6 Å². The molecule has 38 heavy (non-hydrogen) atoms. The molecule has 198 valence electrons. The summed E-state index contributed by atoms with van der Waals surface area (Å²) in [5, 5.41) is 5.37. The lowest BCUT2D eigenvalue weighted by Crippen LogP contribution is -2.53. The zero-order chi connectivity index (χ0) is 27.1. The van der Waals surface area contributed by atoms with Crippen molar-refractivity contribution in [3.63, 3.8) is 0 Å². The molecule has 2 N–H and O–H groups in total. The fourth-order valence-corrected chi connectivity index (χ4v) is 4.68. The molecule has 0 saturated carbocycles. The van der Waals surface area contributed by atoms with Gasteiger partial charge >= 0.3 is 12.1 Å². The second-order valence-electron chi connectivity index (χ2n) is 8.61. The second kappa shape index (κ2) is 12.5. The Morgan fingerprint density at radius 2 is 1.76 bits per heavy atom. The highest BCUT2D eigenvalue weighted by Gasteiger charge is 2.29. The summed E-state index contributed by atoms with van der Waals surface area (Å²) in [7, 11) is 2.78. The number of nitrogens with one attached hydrogen (secondary N) is 2. The topological polar surface area (TPSA) is 112 Å². The van der Waals surface area contributed by atoms with Crippen LogP contribution in [-0.2, 0) is 38.5 Å². The first-order valence-electron chi connectivity index (χ1n) is 11.8. The highest BCUT2D eigenvalue weighted by molar-refractivity contribution is 9.10. The zero-order valence-electron chi connectivity index (χ0n) is 20.9. The Kier molecular flexibility index (Phi) is 8.85. The first-order chi connectivity index (χ1) is 18.4. The Hall–Kier alpha value is -4.05. The van der Waals surface area contributed by atoms with E-state index in [9.17, 15) is 14.4 Å². The van der Waals surface area contributed by atoms with E-state index in [0.717, 1.165) is 11.1 Å². The molecule has 0 radical (unpaired) electrons. The van der Waals surface area contributed by atoms with E-state index < -0.39 is 30.1 Å². The maximum atomic E-state index is 13.4. The molecule has 2 aliphatic heterocycles. The SMILES string of the molecule is COC(=O)C1Cc2ccc(cc2)Oc2cc(cc(Br)c2OC)CC(NC(=O)OCc2ccccc2)C(=O)N1. The van der Waals surface area contributed by atoms with Crippen LogP contribution in [0.5, 0.6) is 17.2 Å². The summed E-state index contributed by atoms with van der Waals surface area (Å²) in [6, 6.07) is 17.8. The number of hydrogen-bond donors (Lipinski definition) is 2. The lowest BCUT2D eigenvalue weighted by atomic mass is 10.0. The molecule has 0 aliphatic carbocycles. The Bertz CT molecular complexity index is 1300. The quantitative estimate of drug-likeness (QED) is 0.431. The van der Waals surface area contributed by atoms with Gasteiger partial charge in [0.05, 0.1) is 18.7 Å². The van der Waals surface area contributed by atoms with Gasteiger partial charge in [0.15, 0.2) is 11.5 Å². The average Bonchev–Trinajstić information content (AvgIpc) is 2.92. The predicted molar refractivity (Wildman–Crippen MR) is 142 cm³/mol. The summed E-state index contributed by atoms with van der Waals surface area (Å²) in [4.78, 5) is 38.6. The summed E-state index contributed by atoms with van der Waals surface area (Å²) in [6.45, 7) is 0.0352. The molecule has 0 spiro atoms. The standard InChI is InChI=1S/C28H27BrN2O7/c1-35-25-21(29)12-19-14-22(31-28(34)37-16-18-6-4-3-5-7-18)26(32)30-23(27(33)36-2)13-17-8-10-20(11-9-17)38-24(25)15-19/h3-12,15,22-23H,13-14,16H2,1-2H3,(H,30,32)(H,31,34).